The number of hydrogen-bond donors (Lipinski definition) is 3. The van der Waals surface area contributed by atoms with Crippen molar-refractivity contribution in [2.75, 3.05) is 30.3 Å². The molecule has 2 heterocycles. The maximum Gasteiger partial charge on any atom is 0.407 e. The highest BCUT2D eigenvalue weighted by Gasteiger charge is 2.31. The molecule has 176 valence electrons. The molecule has 0 radical (unpaired) electrons. The van der Waals surface area contributed by atoms with Crippen molar-refractivity contribution in [2.45, 2.75) is 6.54 Å². The van der Waals surface area contributed by atoms with Crippen molar-refractivity contribution in [3.8, 4) is 5.75 Å². The number of carboxylic acid groups (broad SMARTS) is 1. The van der Waals surface area contributed by atoms with Crippen molar-refractivity contribution in [2.24, 2.45) is 5.92 Å². The lowest BCUT2D eigenvalue weighted by Crippen LogP contribution is -2.51. The van der Waals surface area contributed by atoms with Crippen molar-refractivity contribution in [1.29, 1.82) is 0 Å². The summed E-state index contributed by atoms with van der Waals surface area (Å²) in [5.41, 5.74) is 1.67. The molecular weight excluding hydrogens is 463 g/mol. The average Bonchev–Trinajstić information content (AvgIpc) is 2.79. The molecule has 8 nitrogen and oxygen atoms in total. The zero-order valence-corrected chi connectivity index (χ0v) is 18.8. The van der Waals surface area contributed by atoms with Gasteiger partial charge in [-0.25, -0.2) is 14.2 Å². The van der Waals surface area contributed by atoms with Gasteiger partial charge in [-0.2, -0.15) is 0 Å². The van der Waals surface area contributed by atoms with Crippen LogP contribution in [0.4, 0.5) is 20.7 Å². The summed E-state index contributed by atoms with van der Waals surface area (Å²) in [6.45, 7) is 1.52. The van der Waals surface area contributed by atoms with E-state index in [9.17, 15) is 14.0 Å². The third-order valence-corrected chi connectivity index (χ3v) is 5.63. The quantitative estimate of drug-likeness (QED) is 0.427. The standard InChI is InChI=1S/C24H22ClFN4O4/c25-20-8-7-18(10-21(20)34-14-16-12-30(13-16)24(32)33)29-23(31)19-2-1-9-27-22(19)28-11-15-3-5-17(26)6-4-15/h1-10,16H,11-14H2,(H,27,28)(H,29,31)(H,32,33). The first-order chi connectivity index (χ1) is 16.4. The van der Waals surface area contributed by atoms with E-state index in [1.807, 2.05) is 0 Å². The lowest BCUT2D eigenvalue weighted by Gasteiger charge is -2.36. The number of carbonyl (C=O) groups excluding carboxylic acids is 1. The summed E-state index contributed by atoms with van der Waals surface area (Å²) in [6, 6.07) is 14.3. The molecule has 2 aromatic carbocycles. The molecule has 1 saturated heterocycles. The van der Waals surface area contributed by atoms with E-state index in [-0.39, 0.29) is 17.6 Å². The first-order valence-electron chi connectivity index (χ1n) is 10.5. The number of benzene rings is 2. The molecule has 0 spiro atoms. The highest BCUT2D eigenvalue weighted by atomic mass is 35.5. The molecule has 4 rings (SSSR count). The van der Waals surface area contributed by atoms with Crippen LogP contribution in [0.25, 0.3) is 0 Å². The minimum Gasteiger partial charge on any atom is -0.492 e. The number of rotatable bonds is 8. The van der Waals surface area contributed by atoms with Crippen molar-refractivity contribution >= 4 is 35.1 Å². The van der Waals surface area contributed by atoms with E-state index in [1.165, 1.54) is 17.0 Å². The largest absolute Gasteiger partial charge is 0.492 e. The van der Waals surface area contributed by atoms with E-state index in [0.717, 1.165) is 5.56 Å². The average molecular weight is 485 g/mol. The number of hydrogen-bond acceptors (Lipinski definition) is 5. The van der Waals surface area contributed by atoms with E-state index >= 15 is 0 Å². The molecule has 1 aliphatic heterocycles. The summed E-state index contributed by atoms with van der Waals surface area (Å²) in [6.07, 6.45) is 0.630. The number of anilines is 2. The number of nitrogens with zero attached hydrogens (tertiary/aromatic N) is 2. The molecule has 3 N–H and O–H groups in total. The topological polar surface area (TPSA) is 104 Å². The first kappa shape index (κ1) is 23.3. The Morgan fingerprint density at radius 1 is 1.18 bits per heavy atom. The molecule has 0 unspecified atom stereocenters. The Balaban J connectivity index is 1.38. The van der Waals surface area contributed by atoms with Crippen LogP contribution in [-0.2, 0) is 6.54 Å². The summed E-state index contributed by atoms with van der Waals surface area (Å²) in [5.74, 6) is 0.189. The molecule has 0 bridgehead atoms. The number of amides is 2. The van der Waals surface area contributed by atoms with Gasteiger partial charge in [-0.3, -0.25) is 4.79 Å². The maximum absolute atomic E-state index is 13.1. The van der Waals surface area contributed by atoms with E-state index < -0.39 is 6.09 Å². The molecule has 0 atom stereocenters. The predicted molar refractivity (Wildman–Crippen MR) is 126 cm³/mol. The Hall–Kier alpha value is -3.85. The molecule has 0 saturated carbocycles. The summed E-state index contributed by atoms with van der Waals surface area (Å²) in [4.78, 5) is 29.4. The number of carbonyl (C=O) groups is 2. The zero-order chi connectivity index (χ0) is 24.1. The second-order valence-corrected chi connectivity index (χ2v) is 8.25. The SMILES string of the molecule is O=C(Nc1ccc(Cl)c(OCC2CN(C(=O)O)C2)c1)c1cccnc1NCc1ccc(F)cc1. The van der Waals surface area contributed by atoms with Crippen LogP contribution in [0, 0.1) is 11.7 Å². The third kappa shape index (κ3) is 5.74. The van der Waals surface area contributed by atoms with Crippen LogP contribution in [0.2, 0.25) is 5.02 Å². The van der Waals surface area contributed by atoms with Crippen LogP contribution < -0.4 is 15.4 Å². The van der Waals surface area contributed by atoms with Gasteiger partial charge in [-0.15, -0.1) is 0 Å². The van der Waals surface area contributed by atoms with Gasteiger partial charge in [0, 0.05) is 43.5 Å². The number of ether oxygens (including phenoxy) is 1. The van der Waals surface area contributed by atoms with Gasteiger partial charge in [0.25, 0.3) is 5.91 Å². The van der Waals surface area contributed by atoms with Crippen molar-refractivity contribution in [3.05, 3.63) is 82.8 Å². The number of aromatic nitrogens is 1. The lowest BCUT2D eigenvalue weighted by molar-refractivity contribution is 0.0586. The molecule has 0 aliphatic carbocycles. The van der Waals surface area contributed by atoms with Gasteiger partial charge < -0.3 is 25.4 Å². The Labute approximate surface area is 200 Å². The fraction of sp³-hybridized carbons (Fsp3) is 0.208. The monoisotopic (exact) mass is 484 g/mol. The van der Waals surface area contributed by atoms with Crippen molar-refractivity contribution in [1.82, 2.24) is 9.88 Å². The molecule has 34 heavy (non-hydrogen) atoms. The minimum absolute atomic E-state index is 0.0931. The molecule has 1 aliphatic rings. The number of pyridine rings is 1. The normalized spacial score (nSPS) is 13.2. The smallest absolute Gasteiger partial charge is 0.407 e. The molecule has 10 heteroatoms. The first-order valence-corrected chi connectivity index (χ1v) is 10.9. The van der Waals surface area contributed by atoms with Crippen molar-refractivity contribution in [3.63, 3.8) is 0 Å². The van der Waals surface area contributed by atoms with Crippen molar-refractivity contribution < 1.29 is 23.8 Å². The Bertz CT molecular complexity index is 1190. The highest BCUT2D eigenvalue weighted by Crippen LogP contribution is 2.29. The maximum atomic E-state index is 13.1. The van der Waals surface area contributed by atoms with E-state index in [0.29, 0.717) is 54.1 Å². The Kier molecular flexibility index (Phi) is 7.12. The van der Waals surface area contributed by atoms with Gasteiger partial charge in [0.15, 0.2) is 0 Å². The van der Waals surface area contributed by atoms with Gasteiger partial charge >= 0.3 is 6.09 Å². The van der Waals surface area contributed by atoms with E-state index in [2.05, 4.69) is 15.6 Å². The lowest BCUT2D eigenvalue weighted by atomic mass is 10.0. The molecule has 3 aromatic rings. The third-order valence-electron chi connectivity index (χ3n) is 5.32. The molecule has 1 aromatic heterocycles. The van der Waals surface area contributed by atoms with Crippen LogP contribution >= 0.6 is 11.6 Å². The zero-order valence-electron chi connectivity index (χ0n) is 18.0. The number of halogens is 2. The Morgan fingerprint density at radius 2 is 1.94 bits per heavy atom. The predicted octanol–water partition coefficient (Wildman–Crippen LogP) is 4.73. The number of likely N-dealkylation sites (tertiary alicyclic amines) is 1. The van der Waals surface area contributed by atoms with Gasteiger partial charge in [0.05, 0.1) is 17.2 Å². The molecular formula is C24H22ClFN4O4. The van der Waals surface area contributed by atoms with Crippen LogP contribution in [0.15, 0.2) is 60.8 Å². The second kappa shape index (κ2) is 10.4. The van der Waals surface area contributed by atoms with Gasteiger partial charge in [0.1, 0.15) is 17.4 Å². The summed E-state index contributed by atoms with van der Waals surface area (Å²) in [5, 5.41) is 15.2. The van der Waals surface area contributed by atoms with Gasteiger partial charge in [-0.1, -0.05) is 23.7 Å². The summed E-state index contributed by atoms with van der Waals surface area (Å²) < 4.78 is 18.9. The summed E-state index contributed by atoms with van der Waals surface area (Å²) in [7, 11) is 0. The fourth-order valence-electron chi connectivity index (χ4n) is 3.45. The van der Waals surface area contributed by atoms with Crippen LogP contribution in [0.3, 0.4) is 0 Å². The Morgan fingerprint density at radius 3 is 2.68 bits per heavy atom. The second-order valence-electron chi connectivity index (χ2n) is 7.84. The van der Waals surface area contributed by atoms with Crippen LogP contribution in [0.1, 0.15) is 15.9 Å². The minimum atomic E-state index is -0.944. The van der Waals surface area contributed by atoms with E-state index in [4.69, 9.17) is 21.4 Å². The summed E-state index contributed by atoms with van der Waals surface area (Å²) >= 11 is 6.22. The van der Waals surface area contributed by atoms with E-state index in [1.54, 1.807) is 48.7 Å². The number of nitrogens with one attached hydrogen (secondary N) is 2. The van der Waals surface area contributed by atoms with Gasteiger partial charge in [0.2, 0.25) is 0 Å². The highest BCUT2D eigenvalue weighted by molar-refractivity contribution is 6.32. The molecule has 2 amide bonds. The van der Waals surface area contributed by atoms with Gasteiger partial charge in [-0.05, 0) is 42.0 Å². The molecule has 1 fully saturated rings. The van der Waals surface area contributed by atoms with Crippen LogP contribution in [0.5, 0.6) is 5.75 Å². The van der Waals surface area contributed by atoms with Crippen LogP contribution in [-0.4, -0.2) is 46.7 Å². The fourth-order valence-corrected chi connectivity index (χ4v) is 3.62.